The summed E-state index contributed by atoms with van der Waals surface area (Å²) in [7, 11) is -4.19. The number of alkyl halides is 1. The summed E-state index contributed by atoms with van der Waals surface area (Å²) in [5.41, 5.74) is 0.735. The summed E-state index contributed by atoms with van der Waals surface area (Å²) >= 11 is 5.05. The van der Waals surface area contributed by atoms with Crippen LogP contribution in [0.3, 0.4) is 0 Å². The molecule has 0 atom stereocenters. The average Bonchev–Trinajstić information content (AvgIpc) is 2.27. The number of halogens is 1. The van der Waals surface area contributed by atoms with Crippen molar-refractivity contribution < 1.29 is 22.1 Å². The van der Waals surface area contributed by atoms with E-state index in [-0.39, 0.29) is 6.61 Å². The second-order valence-corrected chi connectivity index (χ2v) is 4.41. The third-order valence-corrected chi connectivity index (χ3v) is 2.70. The maximum atomic E-state index is 11.1. The first kappa shape index (κ1) is 13.8. The quantitative estimate of drug-likeness (QED) is 0.823. The van der Waals surface area contributed by atoms with Crippen LogP contribution >= 0.6 is 11.6 Å². The molecule has 1 aromatic rings. The Kier molecular flexibility index (Phi) is 5.20. The number of nitrogens with one attached hydrogen (secondary N) is 1. The van der Waals surface area contributed by atoms with Crippen LogP contribution in [0.4, 0.5) is 4.79 Å². The van der Waals surface area contributed by atoms with Gasteiger partial charge in [-0.3, -0.25) is 0 Å². The SMILES string of the molecule is O=C(NS(=O)(=O)OCCl)OCc1ccccc1. The number of hydrogen-bond acceptors (Lipinski definition) is 5. The van der Waals surface area contributed by atoms with Crippen LogP contribution in [0.1, 0.15) is 5.56 Å². The standard InChI is InChI=1S/C9H10ClNO5S/c10-7-16-17(13,14)11-9(12)15-6-8-4-2-1-3-5-8/h1-5H,6-7H2,(H,11,12). The number of benzene rings is 1. The minimum absolute atomic E-state index is 0.0386. The molecule has 1 aromatic carbocycles. The Morgan fingerprint density at radius 2 is 1.94 bits per heavy atom. The molecule has 0 fully saturated rings. The van der Waals surface area contributed by atoms with Crippen molar-refractivity contribution in [3.8, 4) is 0 Å². The van der Waals surface area contributed by atoms with Crippen molar-refractivity contribution in [1.29, 1.82) is 0 Å². The lowest BCUT2D eigenvalue weighted by atomic mass is 10.2. The maximum Gasteiger partial charge on any atom is 0.423 e. The highest BCUT2D eigenvalue weighted by Gasteiger charge is 2.15. The first-order chi connectivity index (χ1) is 8.03. The number of carbonyl (C=O) groups excluding carboxylic acids is 1. The highest BCUT2D eigenvalue weighted by molar-refractivity contribution is 7.85. The molecule has 0 bridgehead atoms. The molecule has 17 heavy (non-hydrogen) atoms. The molecule has 0 aliphatic heterocycles. The molecule has 1 N–H and O–H groups in total. The van der Waals surface area contributed by atoms with Crippen molar-refractivity contribution in [2.75, 3.05) is 6.07 Å². The Balaban J connectivity index is 2.41. The van der Waals surface area contributed by atoms with Gasteiger partial charge in [0.15, 0.2) is 0 Å². The summed E-state index contributed by atoms with van der Waals surface area (Å²) in [5, 5.41) is 0. The van der Waals surface area contributed by atoms with Gasteiger partial charge in [0.05, 0.1) is 0 Å². The molecule has 6 nitrogen and oxygen atoms in total. The van der Waals surface area contributed by atoms with Crippen LogP contribution in [-0.2, 0) is 25.8 Å². The molecule has 0 saturated carbocycles. The van der Waals surface area contributed by atoms with Crippen molar-refractivity contribution in [2.45, 2.75) is 6.61 Å². The molecule has 0 heterocycles. The molecule has 0 aliphatic carbocycles. The highest BCUT2D eigenvalue weighted by Crippen LogP contribution is 2.01. The van der Waals surface area contributed by atoms with Gasteiger partial charge >= 0.3 is 16.4 Å². The van der Waals surface area contributed by atoms with Gasteiger partial charge < -0.3 is 4.74 Å². The summed E-state index contributed by atoms with van der Waals surface area (Å²) in [6, 6.07) is 8.23. The van der Waals surface area contributed by atoms with E-state index >= 15 is 0 Å². The number of amides is 1. The zero-order valence-electron chi connectivity index (χ0n) is 8.63. The van der Waals surface area contributed by atoms with Crippen molar-refractivity contribution >= 4 is 28.0 Å². The predicted molar refractivity (Wildman–Crippen MR) is 60.5 cm³/mol. The molecule has 8 heteroatoms. The molecule has 0 aromatic heterocycles. The second-order valence-electron chi connectivity index (χ2n) is 2.84. The number of rotatable bonds is 5. The first-order valence-corrected chi connectivity index (χ1v) is 6.41. The molecular weight excluding hydrogens is 270 g/mol. The lowest BCUT2D eigenvalue weighted by Crippen LogP contribution is -2.32. The molecule has 94 valence electrons. The molecule has 0 unspecified atom stereocenters. The molecule has 0 radical (unpaired) electrons. The van der Waals surface area contributed by atoms with Crippen LogP contribution < -0.4 is 4.72 Å². The van der Waals surface area contributed by atoms with Crippen molar-refractivity contribution in [1.82, 2.24) is 4.72 Å². The maximum absolute atomic E-state index is 11.1. The van der Waals surface area contributed by atoms with Crippen LogP contribution in [0.2, 0.25) is 0 Å². The summed E-state index contributed by atoms with van der Waals surface area (Å²) < 4.78 is 32.1. The highest BCUT2D eigenvalue weighted by atomic mass is 35.5. The van der Waals surface area contributed by atoms with Gasteiger partial charge in [0.2, 0.25) is 0 Å². The smallest absolute Gasteiger partial charge is 0.423 e. The Labute approximate surface area is 104 Å². The van der Waals surface area contributed by atoms with E-state index in [1.165, 1.54) is 4.72 Å². The van der Waals surface area contributed by atoms with Crippen LogP contribution in [-0.4, -0.2) is 20.6 Å². The van der Waals surface area contributed by atoms with Gasteiger partial charge in [-0.25, -0.2) is 8.98 Å². The molecular formula is C9H10ClNO5S. The van der Waals surface area contributed by atoms with E-state index in [9.17, 15) is 13.2 Å². The lowest BCUT2D eigenvalue weighted by Gasteiger charge is -2.06. The van der Waals surface area contributed by atoms with Gasteiger partial charge in [0, 0.05) is 0 Å². The zero-order valence-corrected chi connectivity index (χ0v) is 10.2. The Hall–Kier alpha value is -1.31. The third-order valence-electron chi connectivity index (χ3n) is 1.62. The van der Waals surface area contributed by atoms with Gasteiger partial charge in [0.25, 0.3) is 0 Å². The van der Waals surface area contributed by atoms with E-state index in [0.717, 1.165) is 5.56 Å². The Bertz CT molecular complexity index is 462. The Morgan fingerprint density at radius 1 is 1.29 bits per heavy atom. The Morgan fingerprint density at radius 3 is 2.53 bits per heavy atom. The fraction of sp³-hybridized carbons (Fsp3) is 0.222. The van der Waals surface area contributed by atoms with Gasteiger partial charge in [-0.2, -0.15) is 13.1 Å². The molecule has 0 spiro atoms. The van der Waals surface area contributed by atoms with Gasteiger partial charge in [-0.05, 0) is 5.56 Å². The van der Waals surface area contributed by atoms with Crippen molar-refractivity contribution in [3.05, 3.63) is 35.9 Å². The van der Waals surface area contributed by atoms with Gasteiger partial charge in [0.1, 0.15) is 12.7 Å². The molecule has 0 saturated heterocycles. The van der Waals surface area contributed by atoms with E-state index < -0.39 is 22.5 Å². The summed E-state index contributed by atoms with van der Waals surface area (Å²) in [5.74, 6) is 0. The zero-order chi connectivity index (χ0) is 12.7. The first-order valence-electron chi connectivity index (χ1n) is 4.47. The van der Waals surface area contributed by atoms with Crippen LogP contribution in [0.15, 0.2) is 30.3 Å². The van der Waals surface area contributed by atoms with Gasteiger partial charge in [-0.1, -0.05) is 41.9 Å². The molecule has 0 aliphatic rings. The van der Waals surface area contributed by atoms with E-state index in [1.807, 2.05) is 6.07 Å². The number of hydrogen-bond donors (Lipinski definition) is 1. The van der Waals surface area contributed by atoms with E-state index in [1.54, 1.807) is 24.3 Å². The van der Waals surface area contributed by atoms with Crippen molar-refractivity contribution in [3.63, 3.8) is 0 Å². The normalized spacial score (nSPS) is 10.9. The minimum atomic E-state index is -4.19. The summed E-state index contributed by atoms with van der Waals surface area (Å²) in [6.07, 6.45) is -1.13. The van der Waals surface area contributed by atoms with E-state index in [2.05, 4.69) is 8.92 Å². The van der Waals surface area contributed by atoms with Gasteiger partial charge in [-0.15, -0.1) is 0 Å². The molecule has 1 amide bonds. The van der Waals surface area contributed by atoms with Crippen molar-refractivity contribution in [2.24, 2.45) is 0 Å². The topological polar surface area (TPSA) is 81.7 Å². The largest absolute Gasteiger partial charge is 0.444 e. The van der Waals surface area contributed by atoms with Crippen LogP contribution in [0.5, 0.6) is 0 Å². The average molecular weight is 280 g/mol. The number of ether oxygens (including phenoxy) is 1. The van der Waals surface area contributed by atoms with E-state index in [0.29, 0.717) is 0 Å². The summed E-state index contributed by atoms with van der Waals surface area (Å²) in [4.78, 5) is 11.1. The van der Waals surface area contributed by atoms with E-state index in [4.69, 9.17) is 11.6 Å². The summed E-state index contributed by atoms with van der Waals surface area (Å²) in [6.45, 7) is -0.0386. The fourth-order valence-electron chi connectivity index (χ4n) is 0.943. The van der Waals surface area contributed by atoms with Crippen LogP contribution in [0.25, 0.3) is 0 Å². The fourth-order valence-corrected chi connectivity index (χ4v) is 1.73. The number of carbonyl (C=O) groups is 1. The third kappa shape index (κ3) is 5.53. The second kappa shape index (κ2) is 6.43. The monoisotopic (exact) mass is 279 g/mol. The minimum Gasteiger partial charge on any atom is -0.444 e. The molecule has 1 rings (SSSR count). The predicted octanol–water partition coefficient (Wildman–Crippen LogP) is 1.37. The lowest BCUT2D eigenvalue weighted by molar-refractivity contribution is 0.144. The van der Waals surface area contributed by atoms with Crippen LogP contribution in [0, 0.1) is 0 Å².